The Morgan fingerprint density at radius 3 is 2.50 bits per heavy atom. The topological polar surface area (TPSA) is 275 Å². The number of aliphatic hydroxyl groups is 3. The van der Waals surface area contributed by atoms with Gasteiger partial charge < -0.3 is 40.0 Å². The summed E-state index contributed by atoms with van der Waals surface area (Å²) >= 11 is 0.483. The molecular weight excluding hydrogens is 681 g/mol. The van der Waals surface area contributed by atoms with E-state index in [0.717, 1.165) is 16.8 Å². The summed E-state index contributed by atoms with van der Waals surface area (Å²) in [5.41, 5.74) is 3.95. The Labute approximate surface area is 275 Å². The zero-order chi connectivity index (χ0) is 35.0. The highest BCUT2D eigenvalue weighted by Crippen LogP contribution is 2.63. The summed E-state index contributed by atoms with van der Waals surface area (Å²) in [7, 11) is 1.26. The number of aromatic nitrogens is 6. The average Bonchev–Trinajstić information content (AvgIpc) is 3.69. The van der Waals surface area contributed by atoms with Crippen molar-refractivity contribution in [3.8, 4) is 0 Å². The highest BCUT2D eigenvalue weighted by Gasteiger charge is 2.51. The molecule has 20 nitrogen and oxygen atoms in total. The van der Waals surface area contributed by atoms with Crippen molar-refractivity contribution in [2.45, 2.75) is 69.9 Å². The second-order valence-electron chi connectivity index (χ2n) is 11.8. The molecule has 1 unspecified atom stereocenters. The molecule has 2 aliphatic heterocycles. The van der Waals surface area contributed by atoms with Crippen molar-refractivity contribution in [3.05, 3.63) is 45.8 Å². The number of ether oxygens (including phenoxy) is 4. The molecule has 3 aromatic heterocycles. The van der Waals surface area contributed by atoms with Crippen LogP contribution in [0.3, 0.4) is 0 Å². The summed E-state index contributed by atoms with van der Waals surface area (Å²) < 4.78 is 50.9. The molecule has 48 heavy (non-hydrogen) atoms. The Hall–Kier alpha value is -3.24. The fourth-order valence-electron chi connectivity index (χ4n) is 5.01. The van der Waals surface area contributed by atoms with Crippen molar-refractivity contribution < 1.29 is 52.7 Å². The molecule has 9 atom stereocenters. The largest absolute Gasteiger partial charge is 0.454 e. The van der Waals surface area contributed by atoms with E-state index in [1.165, 1.54) is 24.3 Å². The molecule has 2 saturated heterocycles. The maximum absolute atomic E-state index is 14.3. The molecule has 0 saturated carbocycles. The normalized spacial score (nSPS) is 28.9. The molecule has 2 fully saturated rings. The molecule has 5 rings (SSSR count). The van der Waals surface area contributed by atoms with Gasteiger partial charge in [-0.05, 0) is 20.8 Å². The van der Waals surface area contributed by atoms with Crippen LogP contribution in [0, 0.1) is 5.41 Å². The van der Waals surface area contributed by atoms with Gasteiger partial charge in [-0.15, -0.1) is 0 Å². The van der Waals surface area contributed by atoms with Crippen molar-refractivity contribution in [1.82, 2.24) is 29.1 Å². The minimum atomic E-state index is -4.45. The summed E-state index contributed by atoms with van der Waals surface area (Å²) in [5, 5.41) is 31.8. The van der Waals surface area contributed by atoms with Crippen LogP contribution in [0.2, 0.25) is 0 Å². The van der Waals surface area contributed by atoms with Crippen molar-refractivity contribution in [1.29, 1.82) is 0 Å². The Kier molecular flexibility index (Phi) is 10.8. The van der Waals surface area contributed by atoms with Gasteiger partial charge in [0, 0.05) is 30.8 Å². The highest BCUT2D eigenvalue weighted by atomic mass is 32.7. The van der Waals surface area contributed by atoms with Crippen LogP contribution in [0.5, 0.6) is 0 Å². The van der Waals surface area contributed by atoms with Gasteiger partial charge >= 0.3 is 18.5 Å². The lowest BCUT2D eigenvalue weighted by molar-refractivity contribution is -0.150. The summed E-state index contributed by atoms with van der Waals surface area (Å²) in [6.07, 6.45) is -6.83. The van der Waals surface area contributed by atoms with Crippen molar-refractivity contribution in [2.75, 3.05) is 32.0 Å². The van der Waals surface area contributed by atoms with Crippen molar-refractivity contribution >= 4 is 41.1 Å². The number of anilines is 1. The first kappa shape index (κ1) is 36.1. The van der Waals surface area contributed by atoms with E-state index in [2.05, 4.69) is 19.9 Å². The van der Waals surface area contributed by atoms with Gasteiger partial charge in [-0.1, -0.05) is 0 Å². The number of nitrogens with zero attached hydrogens (tertiary/aromatic N) is 5. The number of aromatic amines is 1. The van der Waals surface area contributed by atoms with Crippen LogP contribution >= 0.6 is 18.2 Å². The van der Waals surface area contributed by atoms with E-state index in [4.69, 9.17) is 33.7 Å². The number of nitrogens with two attached hydrogens (primary N) is 1. The number of imidazole rings is 1. The molecule has 3 aromatic rings. The standard InChI is InChI=1S/C26H36N7O13PS/c1-26(2,3)24(38)42-11-48-47(40,46-18-12(7-34)44-23(19(18)41-4)32-6-5-14(35)31-25(32)39)43-8-13-16(36)17(37)22(45-13)33-10-30-15-20(27)28-9-29-21(15)33/h5-6,9-10,12-13,16-19,22-23,34,36-37H,7-8,11H2,1-4H3,(H2,27,28,29)(H,31,35,39)/t12-,13-,16-,17-,18-,19-,22-,23-,47?/m1/s1. The number of nitrogen functional groups attached to an aromatic ring is 1. The van der Waals surface area contributed by atoms with Gasteiger partial charge in [-0.2, -0.15) is 0 Å². The van der Waals surface area contributed by atoms with Gasteiger partial charge in [0.1, 0.15) is 54.4 Å². The molecule has 0 spiro atoms. The van der Waals surface area contributed by atoms with Crippen molar-refractivity contribution in [3.63, 3.8) is 0 Å². The molecule has 0 aromatic carbocycles. The highest BCUT2D eigenvalue weighted by molar-refractivity contribution is 8.55. The number of hydrogen-bond donors (Lipinski definition) is 5. The Morgan fingerprint density at radius 1 is 1.10 bits per heavy atom. The zero-order valence-electron chi connectivity index (χ0n) is 26.1. The third-order valence-corrected chi connectivity index (χ3v) is 10.9. The number of aliphatic hydroxyl groups excluding tert-OH is 3. The van der Waals surface area contributed by atoms with Gasteiger partial charge in [0.2, 0.25) is 0 Å². The fraction of sp³-hybridized carbons (Fsp3) is 0.615. The third-order valence-electron chi connectivity index (χ3n) is 7.52. The first-order valence-electron chi connectivity index (χ1n) is 14.5. The van der Waals surface area contributed by atoms with Gasteiger partial charge in [0.15, 0.2) is 23.9 Å². The van der Waals surface area contributed by atoms with E-state index in [1.54, 1.807) is 20.8 Å². The summed E-state index contributed by atoms with van der Waals surface area (Å²) in [6, 6.07) is 1.08. The molecule has 264 valence electrons. The minimum absolute atomic E-state index is 0.0908. The van der Waals surface area contributed by atoms with Crippen LogP contribution in [-0.2, 0) is 37.4 Å². The fourth-order valence-corrected chi connectivity index (χ4v) is 7.81. The van der Waals surface area contributed by atoms with Crippen LogP contribution in [0.15, 0.2) is 34.5 Å². The predicted molar refractivity (Wildman–Crippen MR) is 165 cm³/mol. The van der Waals surface area contributed by atoms with Crippen LogP contribution < -0.4 is 17.0 Å². The average molecular weight is 718 g/mol. The van der Waals surface area contributed by atoms with Gasteiger partial charge in [-0.25, -0.2) is 24.3 Å². The smallest absolute Gasteiger partial charge is 0.392 e. The number of rotatable bonds is 12. The Balaban J connectivity index is 1.37. The second kappa shape index (κ2) is 14.3. The van der Waals surface area contributed by atoms with E-state index in [1.807, 2.05) is 0 Å². The third kappa shape index (κ3) is 7.34. The molecule has 6 N–H and O–H groups in total. The lowest BCUT2D eigenvalue weighted by Gasteiger charge is -2.28. The first-order chi connectivity index (χ1) is 22.7. The Morgan fingerprint density at radius 2 is 1.83 bits per heavy atom. The number of carbonyl (C=O) groups is 1. The SMILES string of the molecule is CO[C@@H]1[C@H](OP(=O)(OC[C@H]2O[C@@H](n3cnc4c(N)ncnc43)[C@H](O)[C@@H]2O)SCOC(=O)C(C)(C)C)[C@@H](CO)O[C@H]1n1ccc(=O)[nH]c1=O. The van der Waals surface area contributed by atoms with E-state index < -0.39 is 97.7 Å². The van der Waals surface area contributed by atoms with Crippen molar-refractivity contribution in [2.24, 2.45) is 5.41 Å². The van der Waals surface area contributed by atoms with E-state index in [0.29, 0.717) is 11.4 Å². The lowest BCUT2D eigenvalue weighted by Crippen LogP contribution is -2.40. The zero-order valence-corrected chi connectivity index (χ0v) is 27.9. The number of hydrogen-bond acceptors (Lipinski definition) is 18. The van der Waals surface area contributed by atoms with Gasteiger partial charge in [-0.3, -0.25) is 32.8 Å². The van der Waals surface area contributed by atoms with E-state index >= 15 is 0 Å². The molecule has 5 heterocycles. The number of fused-ring (bicyclic) bond motifs is 1. The number of methoxy groups -OCH3 is 1. The first-order valence-corrected chi connectivity index (χ1v) is 17.6. The quantitative estimate of drug-likeness (QED) is 0.0877. The van der Waals surface area contributed by atoms with Gasteiger partial charge in [0.25, 0.3) is 5.56 Å². The molecular formula is C26H36N7O13PS. The van der Waals surface area contributed by atoms with Crippen LogP contribution in [-0.4, -0.2) is 113 Å². The second-order valence-corrected chi connectivity index (χ2v) is 15.8. The molecule has 2 aliphatic rings. The van der Waals surface area contributed by atoms with Crippen LogP contribution in [0.1, 0.15) is 33.2 Å². The molecule has 0 radical (unpaired) electrons. The molecule has 0 amide bonds. The predicted octanol–water partition coefficient (Wildman–Crippen LogP) is -0.727. The van der Waals surface area contributed by atoms with E-state index in [9.17, 15) is 34.3 Å². The maximum Gasteiger partial charge on any atom is 0.392 e. The number of esters is 1. The Bertz CT molecular complexity index is 1780. The number of H-pyrrole nitrogens is 1. The number of carbonyl (C=O) groups excluding carboxylic acids is 1. The van der Waals surface area contributed by atoms with Crippen LogP contribution in [0.4, 0.5) is 5.82 Å². The van der Waals surface area contributed by atoms with Crippen LogP contribution in [0.25, 0.3) is 11.2 Å². The molecule has 0 bridgehead atoms. The minimum Gasteiger partial charge on any atom is -0.454 e. The summed E-state index contributed by atoms with van der Waals surface area (Å²) in [4.78, 5) is 50.8. The number of nitrogens with one attached hydrogen (secondary N) is 1. The maximum atomic E-state index is 14.3. The monoisotopic (exact) mass is 717 g/mol. The molecule has 0 aliphatic carbocycles. The summed E-state index contributed by atoms with van der Waals surface area (Å²) in [5.74, 6) is -1.01. The lowest BCUT2D eigenvalue weighted by atomic mass is 9.98. The molecule has 22 heteroatoms. The van der Waals surface area contributed by atoms with E-state index in [-0.39, 0.29) is 17.0 Å². The van der Waals surface area contributed by atoms with Gasteiger partial charge in [0.05, 0.1) is 25.0 Å². The summed E-state index contributed by atoms with van der Waals surface area (Å²) in [6.45, 7) is -0.845.